The summed E-state index contributed by atoms with van der Waals surface area (Å²) >= 11 is 0. The SMILES string of the molecule is CCOP(OCC)OCCc1ccc(NC(=O)c2ccccc2Nc2nc3ncc(CNc4ccc(C(=O)NC(C=O)CCC(=O)O)cc4)nc3c(=O)[nH]2)cc1. The monoisotopic (exact) mass is 784 g/mol. The molecule has 17 nitrogen and oxygen atoms in total. The lowest BCUT2D eigenvalue weighted by molar-refractivity contribution is -0.137. The molecule has 2 aromatic heterocycles. The fourth-order valence-corrected chi connectivity index (χ4v) is 6.05. The van der Waals surface area contributed by atoms with Crippen LogP contribution in [0.5, 0.6) is 0 Å². The van der Waals surface area contributed by atoms with Crippen molar-refractivity contribution in [2.75, 3.05) is 35.8 Å². The van der Waals surface area contributed by atoms with Gasteiger partial charge in [-0.05, 0) is 80.8 Å². The van der Waals surface area contributed by atoms with E-state index in [1.54, 1.807) is 60.7 Å². The van der Waals surface area contributed by atoms with Gasteiger partial charge >= 0.3 is 14.6 Å². The van der Waals surface area contributed by atoms with Gasteiger partial charge in [0.1, 0.15) is 6.29 Å². The quantitative estimate of drug-likeness (QED) is 0.0407. The number of benzene rings is 3. The third-order valence-electron chi connectivity index (χ3n) is 7.93. The Morgan fingerprint density at radius 2 is 1.62 bits per heavy atom. The molecule has 5 aromatic rings. The Labute approximate surface area is 322 Å². The number of hydrogen-bond donors (Lipinski definition) is 6. The Morgan fingerprint density at radius 3 is 2.32 bits per heavy atom. The number of nitrogens with zero attached hydrogens (tertiary/aromatic N) is 3. The smallest absolute Gasteiger partial charge is 0.332 e. The molecule has 6 N–H and O–H groups in total. The zero-order valence-electron chi connectivity index (χ0n) is 30.6. The van der Waals surface area contributed by atoms with Crippen LogP contribution in [0.1, 0.15) is 58.7 Å². The molecular weight excluding hydrogens is 743 g/mol. The van der Waals surface area contributed by atoms with Crippen LogP contribution >= 0.6 is 8.60 Å². The minimum Gasteiger partial charge on any atom is -0.481 e. The molecule has 1 atom stereocenters. The molecule has 2 heterocycles. The summed E-state index contributed by atoms with van der Waals surface area (Å²) in [4.78, 5) is 76.7. The van der Waals surface area contributed by atoms with Crippen molar-refractivity contribution in [3.05, 3.63) is 112 Å². The molecule has 0 aliphatic heterocycles. The summed E-state index contributed by atoms with van der Waals surface area (Å²) in [5.74, 6) is -1.88. The van der Waals surface area contributed by atoms with Gasteiger partial charge in [-0.15, -0.1) is 0 Å². The summed E-state index contributed by atoms with van der Waals surface area (Å²) in [6.45, 7) is 5.40. The standard InChI is InChI=1S/C38H41N8O9P/c1-3-53-56(54-4-2)55-20-19-24-9-13-27(14-10-24)42-36(51)30-7-5-6-8-31(30)44-38-45-34-33(37(52)46-38)41-29(22-40-34)21-39-26-15-11-25(12-16-26)35(50)43-28(23-47)17-18-32(48)49/h5-16,22-23,28,39H,3-4,17-21H2,1-2H3,(H,42,51)(H,43,50)(H,48,49)(H2,40,44,45,46,52). The molecule has 0 spiro atoms. The van der Waals surface area contributed by atoms with Gasteiger partial charge in [-0.3, -0.25) is 24.2 Å². The molecule has 5 rings (SSSR count). The number of nitrogens with one attached hydrogen (secondary N) is 5. The topological polar surface area (TPSA) is 236 Å². The van der Waals surface area contributed by atoms with Gasteiger partial charge in [0.2, 0.25) is 5.95 Å². The highest BCUT2D eigenvalue weighted by molar-refractivity contribution is 7.41. The number of carboxylic acid groups (broad SMARTS) is 1. The lowest BCUT2D eigenvalue weighted by atomic mass is 10.1. The van der Waals surface area contributed by atoms with Crippen molar-refractivity contribution in [2.45, 2.75) is 45.7 Å². The summed E-state index contributed by atoms with van der Waals surface area (Å²) in [5, 5.41) is 20.4. The Bertz CT molecular complexity index is 2180. The van der Waals surface area contributed by atoms with E-state index in [2.05, 4.69) is 41.2 Å². The summed E-state index contributed by atoms with van der Waals surface area (Å²) in [6.07, 6.45) is 2.36. The number of amides is 2. The number of carbonyl (C=O) groups is 4. The fourth-order valence-electron chi connectivity index (χ4n) is 5.17. The number of H-pyrrole nitrogens is 1. The molecule has 0 aliphatic rings. The van der Waals surface area contributed by atoms with Crippen molar-refractivity contribution in [3.63, 3.8) is 0 Å². The predicted molar refractivity (Wildman–Crippen MR) is 210 cm³/mol. The van der Waals surface area contributed by atoms with E-state index in [-0.39, 0.29) is 48.0 Å². The van der Waals surface area contributed by atoms with E-state index >= 15 is 0 Å². The zero-order valence-corrected chi connectivity index (χ0v) is 31.5. The van der Waals surface area contributed by atoms with Crippen molar-refractivity contribution in [1.29, 1.82) is 0 Å². The number of fused-ring (bicyclic) bond motifs is 1. The maximum Gasteiger partial charge on any atom is 0.332 e. The minimum absolute atomic E-state index is 0.0118. The summed E-state index contributed by atoms with van der Waals surface area (Å²) in [7, 11) is -1.37. The highest BCUT2D eigenvalue weighted by atomic mass is 31.2. The van der Waals surface area contributed by atoms with Gasteiger partial charge in [0, 0.05) is 23.4 Å². The molecule has 3 aromatic carbocycles. The Hall–Kier alpha value is -6.13. The molecule has 1 unspecified atom stereocenters. The Kier molecular flexibility index (Phi) is 15.0. The highest BCUT2D eigenvalue weighted by Gasteiger charge is 2.17. The van der Waals surface area contributed by atoms with Gasteiger partial charge in [0.25, 0.3) is 17.4 Å². The first-order chi connectivity index (χ1) is 27.1. The van der Waals surface area contributed by atoms with Crippen molar-refractivity contribution in [1.82, 2.24) is 25.3 Å². The van der Waals surface area contributed by atoms with E-state index in [1.165, 1.54) is 6.20 Å². The van der Waals surface area contributed by atoms with E-state index in [1.807, 2.05) is 26.0 Å². The lowest BCUT2D eigenvalue weighted by Gasteiger charge is -2.15. The lowest BCUT2D eigenvalue weighted by Crippen LogP contribution is -2.36. The second kappa shape index (κ2) is 20.5. The first-order valence-electron chi connectivity index (χ1n) is 17.7. The summed E-state index contributed by atoms with van der Waals surface area (Å²) in [6, 6.07) is 19.7. The van der Waals surface area contributed by atoms with Crippen LogP contribution in [0.2, 0.25) is 0 Å². The molecule has 18 heteroatoms. The second-order valence-electron chi connectivity index (χ2n) is 12.0. The number of anilines is 4. The molecule has 0 saturated carbocycles. The Morgan fingerprint density at radius 1 is 0.911 bits per heavy atom. The van der Waals surface area contributed by atoms with Crippen LogP contribution < -0.4 is 26.8 Å². The molecule has 292 valence electrons. The number of aromatic nitrogens is 4. The van der Waals surface area contributed by atoms with Gasteiger partial charge in [-0.2, -0.15) is 4.98 Å². The van der Waals surface area contributed by atoms with Crippen LogP contribution in [0, 0.1) is 0 Å². The highest BCUT2D eigenvalue weighted by Crippen LogP contribution is 2.39. The molecular formula is C38H41N8O9P. The molecule has 0 aliphatic carbocycles. The zero-order chi connectivity index (χ0) is 39.9. The van der Waals surface area contributed by atoms with Crippen molar-refractivity contribution in [3.8, 4) is 0 Å². The van der Waals surface area contributed by atoms with E-state index in [0.717, 1.165) is 5.56 Å². The van der Waals surface area contributed by atoms with Gasteiger partial charge < -0.3 is 44.7 Å². The summed E-state index contributed by atoms with van der Waals surface area (Å²) in [5.41, 5.74) is 3.26. The predicted octanol–water partition coefficient (Wildman–Crippen LogP) is 5.34. The normalized spacial score (nSPS) is 11.6. The van der Waals surface area contributed by atoms with E-state index in [4.69, 9.17) is 18.7 Å². The number of aliphatic carboxylic acids is 1. The number of carboxylic acids is 1. The number of carbonyl (C=O) groups excluding carboxylic acids is 3. The molecule has 2 amide bonds. The van der Waals surface area contributed by atoms with Gasteiger partial charge in [-0.1, -0.05) is 24.3 Å². The third kappa shape index (κ3) is 11.9. The molecule has 0 fully saturated rings. The van der Waals surface area contributed by atoms with Crippen molar-refractivity contribution >= 4 is 66.8 Å². The van der Waals surface area contributed by atoms with E-state index in [9.17, 15) is 24.0 Å². The molecule has 56 heavy (non-hydrogen) atoms. The first kappa shape index (κ1) is 41.0. The molecule has 0 saturated heterocycles. The summed E-state index contributed by atoms with van der Waals surface area (Å²) < 4.78 is 16.6. The van der Waals surface area contributed by atoms with E-state index in [0.29, 0.717) is 60.8 Å². The number of hydrogen-bond acceptors (Lipinski definition) is 13. The van der Waals surface area contributed by atoms with Crippen LogP contribution in [-0.4, -0.2) is 75.0 Å². The maximum atomic E-state index is 13.3. The van der Waals surface area contributed by atoms with Gasteiger partial charge in [0.15, 0.2) is 11.2 Å². The molecule has 0 radical (unpaired) electrons. The van der Waals surface area contributed by atoms with Crippen LogP contribution in [-0.2, 0) is 36.1 Å². The van der Waals surface area contributed by atoms with Crippen LogP contribution in [0.25, 0.3) is 11.2 Å². The minimum atomic E-state index is -1.37. The second-order valence-corrected chi connectivity index (χ2v) is 13.2. The Balaban J connectivity index is 1.17. The van der Waals surface area contributed by atoms with Crippen molar-refractivity contribution in [2.24, 2.45) is 0 Å². The first-order valence-corrected chi connectivity index (χ1v) is 18.8. The van der Waals surface area contributed by atoms with Crippen molar-refractivity contribution < 1.29 is 37.9 Å². The average molecular weight is 785 g/mol. The van der Waals surface area contributed by atoms with Gasteiger partial charge in [-0.25, -0.2) is 9.97 Å². The fraction of sp³-hybridized carbons (Fsp3) is 0.263. The maximum absolute atomic E-state index is 13.3. The van der Waals surface area contributed by atoms with Crippen LogP contribution in [0.3, 0.4) is 0 Å². The largest absolute Gasteiger partial charge is 0.481 e. The van der Waals surface area contributed by atoms with Crippen LogP contribution in [0.4, 0.5) is 23.0 Å². The molecule has 0 bridgehead atoms. The number of para-hydroxylation sites is 1. The average Bonchev–Trinajstić information content (AvgIpc) is 3.20. The van der Waals surface area contributed by atoms with E-state index < -0.39 is 32.1 Å². The number of aromatic amines is 1. The third-order valence-corrected chi connectivity index (χ3v) is 9.26. The number of rotatable bonds is 21. The van der Waals surface area contributed by atoms with Crippen LogP contribution in [0.15, 0.2) is 83.8 Å². The van der Waals surface area contributed by atoms with Gasteiger partial charge in [0.05, 0.1) is 55.5 Å². The number of aldehydes is 1.